The predicted molar refractivity (Wildman–Crippen MR) is 80.0 cm³/mol. The minimum Gasteiger partial charge on any atom is -0.341 e. The number of hydrogen-bond acceptors (Lipinski definition) is 3. The van der Waals surface area contributed by atoms with Crippen molar-refractivity contribution in [3.63, 3.8) is 0 Å². The summed E-state index contributed by atoms with van der Waals surface area (Å²) in [6.07, 6.45) is 1.42. The third-order valence-electron chi connectivity index (χ3n) is 3.05. The summed E-state index contributed by atoms with van der Waals surface area (Å²) < 4.78 is 0. The molecular weight excluding hydrogens is 250 g/mol. The molecule has 0 heterocycles. The number of carbonyl (C=O) groups is 1. The Morgan fingerprint density at radius 3 is 2.55 bits per heavy atom. The van der Waals surface area contributed by atoms with Gasteiger partial charge >= 0.3 is 0 Å². The van der Waals surface area contributed by atoms with E-state index in [2.05, 4.69) is 25.2 Å². The molecule has 0 radical (unpaired) electrons. The zero-order chi connectivity index (χ0) is 15.0. The van der Waals surface area contributed by atoms with Gasteiger partial charge in [-0.3, -0.25) is 4.79 Å². The van der Waals surface area contributed by atoms with Crippen LogP contribution in [0.2, 0.25) is 0 Å². The van der Waals surface area contributed by atoms with E-state index in [1.165, 1.54) is 0 Å². The number of nitrogens with zero attached hydrogens (tertiary/aromatic N) is 2. The summed E-state index contributed by atoms with van der Waals surface area (Å²) in [5, 5.41) is 12.0. The molecule has 0 aliphatic carbocycles. The van der Waals surface area contributed by atoms with Gasteiger partial charge in [-0.25, -0.2) is 0 Å². The third kappa shape index (κ3) is 5.85. The Morgan fingerprint density at radius 1 is 1.35 bits per heavy atom. The van der Waals surface area contributed by atoms with Crippen molar-refractivity contribution in [2.75, 3.05) is 13.6 Å². The van der Waals surface area contributed by atoms with Gasteiger partial charge in [0.2, 0.25) is 5.91 Å². The van der Waals surface area contributed by atoms with Gasteiger partial charge in [0, 0.05) is 26.1 Å². The number of rotatable bonds is 7. The lowest BCUT2D eigenvalue weighted by atomic mass is 10.1. The van der Waals surface area contributed by atoms with Gasteiger partial charge in [0.05, 0.1) is 11.6 Å². The van der Waals surface area contributed by atoms with Crippen LogP contribution in [0.3, 0.4) is 0 Å². The lowest BCUT2D eigenvalue weighted by molar-refractivity contribution is -0.130. The van der Waals surface area contributed by atoms with E-state index in [-0.39, 0.29) is 5.91 Å². The van der Waals surface area contributed by atoms with Gasteiger partial charge in [-0.2, -0.15) is 5.26 Å². The average molecular weight is 273 g/mol. The van der Waals surface area contributed by atoms with Crippen molar-refractivity contribution in [1.29, 1.82) is 5.26 Å². The molecule has 4 nitrogen and oxygen atoms in total. The second-order valence-corrected chi connectivity index (χ2v) is 5.27. The van der Waals surface area contributed by atoms with Crippen molar-refractivity contribution in [2.24, 2.45) is 0 Å². The molecule has 108 valence electrons. The number of amides is 1. The Labute approximate surface area is 121 Å². The molecule has 0 atom stereocenters. The largest absolute Gasteiger partial charge is 0.341 e. The van der Waals surface area contributed by atoms with Crippen LogP contribution >= 0.6 is 0 Å². The first-order valence-corrected chi connectivity index (χ1v) is 6.99. The van der Waals surface area contributed by atoms with E-state index < -0.39 is 0 Å². The van der Waals surface area contributed by atoms with Crippen molar-refractivity contribution in [1.82, 2.24) is 10.2 Å². The molecule has 0 saturated carbocycles. The van der Waals surface area contributed by atoms with Gasteiger partial charge in [-0.1, -0.05) is 26.0 Å². The number of nitriles is 1. The summed E-state index contributed by atoms with van der Waals surface area (Å²) in [7, 11) is 1.82. The first-order valence-electron chi connectivity index (χ1n) is 6.99. The molecule has 0 fully saturated rings. The van der Waals surface area contributed by atoms with E-state index in [1.54, 1.807) is 17.0 Å². The van der Waals surface area contributed by atoms with Crippen LogP contribution in [0, 0.1) is 11.3 Å². The molecule has 1 N–H and O–H groups in total. The van der Waals surface area contributed by atoms with Crippen LogP contribution in [-0.2, 0) is 11.3 Å². The van der Waals surface area contributed by atoms with Crippen molar-refractivity contribution in [2.45, 2.75) is 39.3 Å². The first kappa shape index (κ1) is 16.2. The van der Waals surface area contributed by atoms with E-state index >= 15 is 0 Å². The second-order valence-electron chi connectivity index (χ2n) is 5.27. The van der Waals surface area contributed by atoms with Crippen molar-refractivity contribution < 1.29 is 4.79 Å². The standard InChI is InChI=1S/C16H23N3O/c1-13(2)18-10-4-5-16(20)19(3)12-15-8-6-14(11-17)7-9-15/h6-9,13,18H,4-5,10,12H2,1-3H3. The van der Waals surface area contributed by atoms with Crippen LogP contribution in [0.5, 0.6) is 0 Å². The Balaban J connectivity index is 2.35. The fourth-order valence-electron chi connectivity index (χ4n) is 1.87. The highest BCUT2D eigenvalue weighted by molar-refractivity contribution is 5.75. The molecule has 1 aromatic rings. The van der Waals surface area contributed by atoms with Crippen LogP contribution in [0.1, 0.15) is 37.8 Å². The molecule has 1 aromatic carbocycles. The molecule has 0 aliphatic rings. The van der Waals surface area contributed by atoms with Crippen molar-refractivity contribution in [3.05, 3.63) is 35.4 Å². The van der Waals surface area contributed by atoms with Crippen LogP contribution < -0.4 is 5.32 Å². The minimum atomic E-state index is 0.153. The maximum Gasteiger partial charge on any atom is 0.222 e. The summed E-state index contributed by atoms with van der Waals surface area (Å²) in [6.45, 7) is 5.65. The Kier molecular flexibility index (Phi) is 6.75. The fraction of sp³-hybridized carbons (Fsp3) is 0.500. The average Bonchev–Trinajstić information content (AvgIpc) is 2.44. The molecule has 1 amide bonds. The third-order valence-corrected chi connectivity index (χ3v) is 3.05. The zero-order valence-corrected chi connectivity index (χ0v) is 12.5. The van der Waals surface area contributed by atoms with Gasteiger partial charge in [0.25, 0.3) is 0 Å². The molecule has 0 bridgehead atoms. The van der Waals surface area contributed by atoms with Crippen LogP contribution in [-0.4, -0.2) is 30.4 Å². The van der Waals surface area contributed by atoms with Crippen molar-refractivity contribution >= 4 is 5.91 Å². The molecule has 0 spiro atoms. The van der Waals surface area contributed by atoms with E-state index in [0.717, 1.165) is 18.5 Å². The summed E-state index contributed by atoms with van der Waals surface area (Å²) in [4.78, 5) is 13.7. The molecule has 0 aromatic heterocycles. The normalized spacial score (nSPS) is 10.3. The minimum absolute atomic E-state index is 0.153. The number of benzene rings is 1. The lowest BCUT2D eigenvalue weighted by Crippen LogP contribution is -2.28. The van der Waals surface area contributed by atoms with Gasteiger partial charge in [0.15, 0.2) is 0 Å². The van der Waals surface area contributed by atoms with Gasteiger partial charge in [-0.05, 0) is 30.7 Å². The van der Waals surface area contributed by atoms with Crippen LogP contribution in [0.4, 0.5) is 0 Å². The second kappa shape index (κ2) is 8.34. The van der Waals surface area contributed by atoms with Crippen molar-refractivity contribution in [3.8, 4) is 6.07 Å². The molecular formula is C16H23N3O. The van der Waals surface area contributed by atoms with E-state index in [9.17, 15) is 4.79 Å². The SMILES string of the molecule is CC(C)NCCCC(=O)N(C)Cc1ccc(C#N)cc1. The highest BCUT2D eigenvalue weighted by atomic mass is 16.2. The quantitative estimate of drug-likeness (QED) is 0.776. The Hall–Kier alpha value is -1.86. The molecule has 20 heavy (non-hydrogen) atoms. The molecule has 0 saturated heterocycles. The number of hydrogen-bond donors (Lipinski definition) is 1. The fourth-order valence-corrected chi connectivity index (χ4v) is 1.87. The molecule has 0 unspecified atom stereocenters. The Bertz CT molecular complexity index is 460. The summed E-state index contributed by atoms with van der Waals surface area (Å²) >= 11 is 0. The smallest absolute Gasteiger partial charge is 0.222 e. The van der Waals surface area contributed by atoms with Gasteiger partial charge in [-0.15, -0.1) is 0 Å². The maximum atomic E-state index is 12.0. The highest BCUT2D eigenvalue weighted by Gasteiger charge is 2.09. The van der Waals surface area contributed by atoms with Crippen LogP contribution in [0.25, 0.3) is 0 Å². The topological polar surface area (TPSA) is 56.1 Å². The van der Waals surface area contributed by atoms with E-state index in [0.29, 0.717) is 24.6 Å². The molecule has 4 heteroatoms. The predicted octanol–water partition coefficient (Wildman–Crippen LogP) is 2.29. The summed E-state index contributed by atoms with van der Waals surface area (Å²) in [6, 6.07) is 9.88. The van der Waals surface area contributed by atoms with E-state index in [1.807, 2.05) is 19.2 Å². The summed E-state index contributed by atoms with van der Waals surface area (Å²) in [5.41, 5.74) is 1.68. The highest BCUT2D eigenvalue weighted by Crippen LogP contribution is 2.07. The van der Waals surface area contributed by atoms with Gasteiger partial charge < -0.3 is 10.2 Å². The molecule has 0 aliphatic heterocycles. The van der Waals surface area contributed by atoms with Crippen LogP contribution in [0.15, 0.2) is 24.3 Å². The first-order chi connectivity index (χ1) is 9.52. The summed E-state index contributed by atoms with van der Waals surface area (Å²) in [5.74, 6) is 0.153. The van der Waals surface area contributed by atoms with Gasteiger partial charge in [0.1, 0.15) is 0 Å². The maximum absolute atomic E-state index is 12.0. The zero-order valence-electron chi connectivity index (χ0n) is 12.5. The number of nitrogens with one attached hydrogen (secondary N) is 1. The lowest BCUT2D eigenvalue weighted by Gasteiger charge is -2.17. The number of carbonyl (C=O) groups excluding carboxylic acids is 1. The Morgan fingerprint density at radius 2 is 2.00 bits per heavy atom. The molecule has 1 rings (SSSR count). The monoisotopic (exact) mass is 273 g/mol. The van der Waals surface area contributed by atoms with E-state index in [4.69, 9.17) is 5.26 Å².